The lowest BCUT2D eigenvalue weighted by Gasteiger charge is -2.41. The number of thiophene rings is 1. The summed E-state index contributed by atoms with van der Waals surface area (Å²) >= 11 is 1.81. The second-order valence-corrected chi connectivity index (χ2v) is 5.33. The average Bonchev–Trinajstić information content (AvgIpc) is 2.82. The van der Waals surface area contributed by atoms with Gasteiger partial charge in [0.25, 0.3) is 0 Å². The van der Waals surface area contributed by atoms with Crippen LogP contribution in [0.25, 0.3) is 0 Å². The SMILES string of the molecule is CNc1cccc(C2(c3cccs3)COC2)c1. The molecular weight excluding hydrogens is 230 g/mol. The van der Waals surface area contributed by atoms with E-state index in [1.54, 1.807) is 0 Å². The van der Waals surface area contributed by atoms with E-state index in [4.69, 9.17) is 4.74 Å². The summed E-state index contributed by atoms with van der Waals surface area (Å²) in [6.45, 7) is 1.58. The fraction of sp³-hybridized carbons (Fsp3) is 0.286. The van der Waals surface area contributed by atoms with E-state index in [0.717, 1.165) is 18.9 Å². The van der Waals surface area contributed by atoms with Crippen molar-refractivity contribution >= 4 is 17.0 Å². The van der Waals surface area contributed by atoms with Crippen LogP contribution in [0.15, 0.2) is 41.8 Å². The van der Waals surface area contributed by atoms with Crippen LogP contribution in [-0.4, -0.2) is 20.3 Å². The summed E-state index contributed by atoms with van der Waals surface area (Å²) in [4.78, 5) is 1.40. The highest BCUT2D eigenvalue weighted by Crippen LogP contribution is 2.41. The predicted octanol–water partition coefficient (Wildman–Crippen LogP) is 3.11. The van der Waals surface area contributed by atoms with Crippen molar-refractivity contribution in [2.45, 2.75) is 5.41 Å². The maximum absolute atomic E-state index is 5.48. The molecule has 0 saturated carbocycles. The zero-order valence-corrected chi connectivity index (χ0v) is 10.6. The minimum absolute atomic E-state index is 0.0844. The number of rotatable bonds is 3. The molecule has 17 heavy (non-hydrogen) atoms. The molecular formula is C14H15NOS. The molecule has 0 atom stereocenters. The number of anilines is 1. The Kier molecular flexibility index (Phi) is 2.65. The molecule has 1 aromatic carbocycles. The van der Waals surface area contributed by atoms with Crippen LogP contribution < -0.4 is 5.32 Å². The Labute approximate surface area is 105 Å². The topological polar surface area (TPSA) is 21.3 Å². The molecule has 3 rings (SSSR count). The maximum atomic E-state index is 5.48. The zero-order chi connectivity index (χ0) is 11.7. The van der Waals surface area contributed by atoms with Gasteiger partial charge in [-0.1, -0.05) is 18.2 Å². The molecule has 1 aromatic heterocycles. The largest absolute Gasteiger partial charge is 0.388 e. The maximum Gasteiger partial charge on any atom is 0.0763 e. The van der Waals surface area contributed by atoms with Crippen LogP contribution in [0.2, 0.25) is 0 Å². The van der Waals surface area contributed by atoms with Gasteiger partial charge in [-0.2, -0.15) is 0 Å². The Bertz CT molecular complexity index is 503. The molecule has 88 valence electrons. The van der Waals surface area contributed by atoms with Crippen molar-refractivity contribution in [3.8, 4) is 0 Å². The van der Waals surface area contributed by atoms with Crippen molar-refractivity contribution in [1.29, 1.82) is 0 Å². The lowest BCUT2D eigenvalue weighted by Crippen LogP contribution is -2.47. The molecule has 3 heteroatoms. The summed E-state index contributed by atoms with van der Waals surface area (Å²) in [5.41, 5.74) is 2.59. The fourth-order valence-corrected chi connectivity index (χ4v) is 3.20. The highest BCUT2D eigenvalue weighted by atomic mass is 32.1. The first kappa shape index (κ1) is 10.8. The third-order valence-electron chi connectivity index (χ3n) is 3.39. The molecule has 0 amide bonds. The molecule has 1 saturated heterocycles. The Balaban J connectivity index is 2.05. The molecule has 1 aliphatic heterocycles. The van der Waals surface area contributed by atoms with Gasteiger partial charge < -0.3 is 10.1 Å². The van der Waals surface area contributed by atoms with E-state index in [0.29, 0.717) is 0 Å². The van der Waals surface area contributed by atoms with E-state index in [2.05, 4.69) is 47.1 Å². The number of hydrogen-bond donors (Lipinski definition) is 1. The molecule has 0 radical (unpaired) electrons. The van der Waals surface area contributed by atoms with Crippen molar-refractivity contribution in [3.05, 3.63) is 52.2 Å². The van der Waals surface area contributed by atoms with Crippen LogP contribution >= 0.6 is 11.3 Å². The van der Waals surface area contributed by atoms with E-state index in [1.807, 2.05) is 18.4 Å². The van der Waals surface area contributed by atoms with Crippen LogP contribution in [-0.2, 0) is 10.2 Å². The van der Waals surface area contributed by atoms with E-state index in [9.17, 15) is 0 Å². The monoisotopic (exact) mass is 245 g/mol. The van der Waals surface area contributed by atoms with E-state index in [-0.39, 0.29) is 5.41 Å². The Hall–Kier alpha value is -1.32. The first-order valence-corrected chi connectivity index (χ1v) is 6.63. The molecule has 1 aliphatic rings. The van der Waals surface area contributed by atoms with Gasteiger partial charge in [-0.05, 0) is 29.1 Å². The summed E-state index contributed by atoms with van der Waals surface area (Å²) in [5.74, 6) is 0. The third-order valence-corrected chi connectivity index (χ3v) is 4.47. The van der Waals surface area contributed by atoms with Gasteiger partial charge in [0, 0.05) is 17.6 Å². The number of benzene rings is 1. The Morgan fingerprint density at radius 3 is 2.71 bits per heavy atom. The van der Waals surface area contributed by atoms with E-state index in [1.165, 1.54) is 10.4 Å². The highest BCUT2D eigenvalue weighted by molar-refractivity contribution is 7.10. The average molecular weight is 245 g/mol. The normalized spacial score (nSPS) is 17.5. The Morgan fingerprint density at radius 2 is 2.12 bits per heavy atom. The van der Waals surface area contributed by atoms with Gasteiger partial charge in [0.2, 0.25) is 0 Å². The number of hydrogen-bond acceptors (Lipinski definition) is 3. The van der Waals surface area contributed by atoms with Gasteiger partial charge in [-0.3, -0.25) is 0 Å². The fourth-order valence-electron chi connectivity index (χ4n) is 2.28. The van der Waals surface area contributed by atoms with Crippen molar-refractivity contribution in [3.63, 3.8) is 0 Å². The van der Waals surface area contributed by atoms with E-state index < -0.39 is 0 Å². The van der Waals surface area contributed by atoms with Crippen molar-refractivity contribution in [1.82, 2.24) is 0 Å². The third kappa shape index (κ3) is 1.66. The predicted molar refractivity (Wildman–Crippen MR) is 71.9 cm³/mol. The lowest BCUT2D eigenvalue weighted by molar-refractivity contribution is -0.0362. The van der Waals surface area contributed by atoms with Gasteiger partial charge >= 0.3 is 0 Å². The van der Waals surface area contributed by atoms with Gasteiger partial charge in [0.1, 0.15) is 0 Å². The molecule has 2 nitrogen and oxygen atoms in total. The molecule has 1 N–H and O–H groups in total. The van der Waals surface area contributed by atoms with Gasteiger partial charge in [-0.15, -0.1) is 11.3 Å². The highest BCUT2D eigenvalue weighted by Gasteiger charge is 2.42. The lowest BCUT2D eigenvalue weighted by atomic mass is 9.77. The molecule has 0 spiro atoms. The summed E-state index contributed by atoms with van der Waals surface area (Å²) in [6, 6.07) is 12.9. The molecule has 2 heterocycles. The zero-order valence-electron chi connectivity index (χ0n) is 9.77. The van der Waals surface area contributed by atoms with E-state index >= 15 is 0 Å². The van der Waals surface area contributed by atoms with Gasteiger partial charge in [0.05, 0.1) is 18.6 Å². The van der Waals surface area contributed by atoms with Gasteiger partial charge in [0.15, 0.2) is 0 Å². The number of ether oxygens (including phenoxy) is 1. The van der Waals surface area contributed by atoms with Gasteiger partial charge in [-0.25, -0.2) is 0 Å². The minimum Gasteiger partial charge on any atom is -0.388 e. The minimum atomic E-state index is 0.0844. The van der Waals surface area contributed by atoms with Crippen molar-refractivity contribution < 1.29 is 4.74 Å². The smallest absolute Gasteiger partial charge is 0.0763 e. The van der Waals surface area contributed by atoms with Crippen LogP contribution in [0.1, 0.15) is 10.4 Å². The molecule has 2 aromatic rings. The van der Waals surface area contributed by atoms with Crippen LogP contribution in [0.3, 0.4) is 0 Å². The summed E-state index contributed by atoms with van der Waals surface area (Å²) in [5, 5.41) is 5.33. The molecule has 0 bridgehead atoms. The van der Waals surface area contributed by atoms with Crippen molar-refractivity contribution in [2.24, 2.45) is 0 Å². The van der Waals surface area contributed by atoms with Crippen LogP contribution in [0.4, 0.5) is 5.69 Å². The van der Waals surface area contributed by atoms with Crippen LogP contribution in [0.5, 0.6) is 0 Å². The molecule has 0 aliphatic carbocycles. The second-order valence-electron chi connectivity index (χ2n) is 4.38. The summed E-state index contributed by atoms with van der Waals surface area (Å²) in [7, 11) is 1.95. The standard InChI is InChI=1S/C14H15NOS/c1-15-12-5-2-4-11(8-12)14(9-16-10-14)13-6-3-7-17-13/h2-8,15H,9-10H2,1H3. The molecule has 1 fully saturated rings. The van der Waals surface area contributed by atoms with Crippen molar-refractivity contribution in [2.75, 3.05) is 25.6 Å². The second kappa shape index (κ2) is 4.17. The molecule has 0 unspecified atom stereocenters. The quantitative estimate of drug-likeness (QED) is 0.897. The van der Waals surface area contributed by atoms with Crippen LogP contribution in [0, 0.1) is 0 Å². The first-order chi connectivity index (χ1) is 8.35. The first-order valence-electron chi connectivity index (χ1n) is 5.75. The number of nitrogens with one attached hydrogen (secondary N) is 1. The summed E-state index contributed by atoms with van der Waals surface area (Å²) < 4.78 is 5.48. The Morgan fingerprint density at radius 1 is 1.24 bits per heavy atom. The summed E-state index contributed by atoms with van der Waals surface area (Å²) in [6.07, 6.45) is 0.